The molecule has 0 spiro atoms. The fraction of sp³-hybridized carbons (Fsp3) is 0.857. The minimum Gasteiger partial charge on any atom is -0.396 e. The van der Waals surface area contributed by atoms with Crippen LogP contribution >= 0.6 is 0 Å². The Morgan fingerprint density at radius 3 is 2.59 bits per heavy atom. The van der Waals surface area contributed by atoms with Gasteiger partial charge in [-0.2, -0.15) is 0 Å². The first kappa shape index (κ1) is 16.6. The molecule has 2 unspecified atom stereocenters. The molecule has 0 rings (SSSR count). The van der Waals surface area contributed by atoms with E-state index >= 15 is 0 Å². The number of unbranched alkanes of at least 4 members (excludes halogenated alkanes) is 2. The van der Waals surface area contributed by atoms with Gasteiger partial charge in [0.25, 0.3) is 0 Å². The first-order valence-corrected chi connectivity index (χ1v) is 6.64. The van der Waals surface area contributed by atoms with Gasteiger partial charge in [0, 0.05) is 6.61 Å². The Bertz CT molecular complexity index is 190. The van der Waals surface area contributed by atoms with Crippen LogP contribution in [0.25, 0.3) is 0 Å². The van der Waals surface area contributed by atoms with Gasteiger partial charge in [-0.05, 0) is 26.2 Å². The van der Waals surface area contributed by atoms with Gasteiger partial charge in [-0.15, -0.1) is 6.58 Å². The Kier molecular flexibility index (Phi) is 9.41. The lowest BCUT2D eigenvalue weighted by molar-refractivity contribution is -0.102. The molecule has 0 saturated heterocycles. The number of aliphatic hydroxyl groups excluding tert-OH is 1. The van der Waals surface area contributed by atoms with Gasteiger partial charge in [-0.25, -0.2) is 0 Å². The molecule has 0 saturated carbocycles. The molecule has 0 aromatic carbocycles. The van der Waals surface area contributed by atoms with E-state index in [0.29, 0.717) is 19.4 Å². The Morgan fingerprint density at radius 2 is 2.06 bits per heavy atom. The zero-order valence-corrected chi connectivity index (χ0v) is 11.3. The Labute approximate surface area is 105 Å². The van der Waals surface area contributed by atoms with Gasteiger partial charge in [-0.3, -0.25) is 0 Å². The van der Waals surface area contributed by atoms with Crippen molar-refractivity contribution in [3.63, 3.8) is 0 Å². The third-order valence-corrected chi connectivity index (χ3v) is 3.02. The van der Waals surface area contributed by atoms with Gasteiger partial charge >= 0.3 is 0 Å². The zero-order chi connectivity index (χ0) is 13.1. The summed E-state index contributed by atoms with van der Waals surface area (Å²) in [7, 11) is 0. The van der Waals surface area contributed by atoms with Crippen molar-refractivity contribution in [1.82, 2.24) is 0 Å². The number of hydrogen-bond acceptors (Lipinski definition) is 3. The summed E-state index contributed by atoms with van der Waals surface area (Å²) in [6, 6.07) is 0. The molecule has 0 radical (unpaired) electrons. The summed E-state index contributed by atoms with van der Waals surface area (Å²) < 4.78 is 5.65. The summed E-state index contributed by atoms with van der Waals surface area (Å²) >= 11 is 0. The molecule has 2 atom stereocenters. The maximum Gasteiger partial charge on any atom is 0.0881 e. The molecule has 0 fully saturated rings. The molecule has 0 aliphatic rings. The normalized spacial score (nSPS) is 16.5. The van der Waals surface area contributed by atoms with Crippen molar-refractivity contribution in [1.29, 1.82) is 0 Å². The summed E-state index contributed by atoms with van der Waals surface area (Å²) in [4.78, 5) is 0. The maximum absolute atomic E-state index is 10.4. The highest BCUT2D eigenvalue weighted by atomic mass is 16.5. The molecule has 0 aliphatic carbocycles. The SMILES string of the molecule is C=CCOC(CCCCC)C(C)(O)CCCO. The van der Waals surface area contributed by atoms with Crippen molar-refractivity contribution < 1.29 is 14.9 Å². The van der Waals surface area contributed by atoms with E-state index in [1.54, 1.807) is 13.0 Å². The average molecular weight is 244 g/mol. The Balaban J connectivity index is 4.24. The standard InChI is InChI=1S/C14H28O3/c1-4-6-7-9-13(17-12-5-2)14(3,16)10-8-11-15/h5,13,15-16H,2,4,6-12H2,1,3H3. The quantitative estimate of drug-likeness (QED) is 0.434. The van der Waals surface area contributed by atoms with Crippen LogP contribution < -0.4 is 0 Å². The molecular weight excluding hydrogens is 216 g/mol. The van der Waals surface area contributed by atoms with Gasteiger partial charge in [0.05, 0.1) is 18.3 Å². The summed E-state index contributed by atoms with van der Waals surface area (Å²) in [6.07, 6.45) is 6.95. The fourth-order valence-corrected chi connectivity index (χ4v) is 1.94. The number of aliphatic hydroxyl groups is 2. The highest BCUT2D eigenvalue weighted by Gasteiger charge is 2.31. The van der Waals surface area contributed by atoms with Gasteiger partial charge in [0.2, 0.25) is 0 Å². The number of hydrogen-bond donors (Lipinski definition) is 2. The van der Waals surface area contributed by atoms with Crippen LogP contribution in [0.5, 0.6) is 0 Å². The summed E-state index contributed by atoms with van der Waals surface area (Å²) in [5, 5.41) is 19.2. The number of ether oxygens (including phenoxy) is 1. The molecule has 0 heterocycles. The predicted molar refractivity (Wildman–Crippen MR) is 71.0 cm³/mol. The van der Waals surface area contributed by atoms with Crippen molar-refractivity contribution >= 4 is 0 Å². The molecule has 102 valence electrons. The predicted octanol–water partition coefficient (Wildman–Crippen LogP) is 2.66. The summed E-state index contributed by atoms with van der Waals surface area (Å²) in [5.74, 6) is 0. The maximum atomic E-state index is 10.4. The van der Waals surface area contributed by atoms with Crippen LogP contribution in [-0.2, 0) is 4.74 Å². The van der Waals surface area contributed by atoms with Crippen molar-refractivity contribution in [2.75, 3.05) is 13.2 Å². The van der Waals surface area contributed by atoms with Gasteiger partial charge in [-0.1, -0.05) is 32.3 Å². The van der Waals surface area contributed by atoms with Crippen LogP contribution in [0, 0.1) is 0 Å². The first-order valence-electron chi connectivity index (χ1n) is 6.64. The molecule has 0 amide bonds. The van der Waals surface area contributed by atoms with Crippen molar-refractivity contribution in [2.45, 2.75) is 64.1 Å². The molecule has 3 nitrogen and oxygen atoms in total. The third-order valence-electron chi connectivity index (χ3n) is 3.02. The second-order valence-electron chi connectivity index (χ2n) is 4.79. The highest BCUT2D eigenvalue weighted by molar-refractivity contribution is 4.84. The average Bonchev–Trinajstić information content (AvgIpc) is 2.31. The Morgan fingerprint density at radius 1 is 1.35 bits per heavy atom. The van der Waals surface area contributed by atoms with E-state index in [1.807, 2.05) is 0 Å². The van der Waals surface area contributed by atoms with Crippen LogP contribution in [-0.4, -0.2) is 35.1 Å². The highest BCUT2D eigenvalue weighted by Crippen LogP contribution is 2.24. The lowest BCUT2D eigenvalue weighted by Crippen LogP contribution is -2.41. The molecule has 2 N–H and O–H groups in total. The van der Waals surface area contributed by atoms with E-state index in [1.165, 1.54) is 0 Å². The molecule has 0 aromatic heterocycles. The van der Waals surface area contributed by atoms with Crippen LogP contribution in [0.1, 0.15) is 52.4 Å². The Hall–Kier alpha value is -0.380. The van der Waals surface area contributed by atoms with Crippen molar-refractivity contribution in [2.24, 2.45) is 0 Å². The van der Waals surface area contributed by atoms with E-state index in [2.05, 4.69) is 13.5 Å². The minimum absolute atomic E-state index is 0.110. The molecule has 0 bridgehead atoms. The molecular formula is C14H28O3. The van der Waals surface area contributed by atoms with Crippen LogP contribution in [0.2, 0.25) is 0 Å². The second kappa shape index (κ2) is 9.63. The summed E-state index contributed by atoms with van der Waals surface area (Å²) in [5.41, 5.74) is -0.862. The molecule has 17 heavy (non-hydrogen) atoms. The van der Waals surface area contributed by atoms with Crippen LogP contribution in [0.3, 0.4) is 0 Å². The zero-order valence-electron chi connectivity index (χ0n) is 11.3. The van der Waals surface area contributed by atoms with E-state index in [-0.39, 0.29) is 12.7 Å². The largest absolute Gasteiger partial charge is 0.396 e. The van der Waals surface area contributed by atoms with E-state index in [4.69, 9.17) is 9.84 Å². The number of rotatable bonds is 11. The third kappa shape index (κ3) is 7.53. The van der Waals surface area contributed by atoms with E-state index < -0.39 is 5.60 Å². The monoisotopic (exact) mass is 244 g/mol. The van der Waals surface area contributed by atoms with Gasteiger partial charge in [0.15, 0.2) is 0 Å². The fourth-order valence-electron chi connectivity index (χ4n) is 1.94. The topological polar surface area (TPSA) is 49.7 Å². The van der Waals surface area contributed by atoms with Crippen LogP contribution in [0.4, 0.5) is 0 Å². The van der Waals surface area contributed by atoms with Gasteiger partial charge < -0.3 is 14.9 Å². The summed E-state index contributed by atoms with van der Waals surface area (Å²) in [6.45, 7) is 8.15. The molecule has 0 aliphatic heterocycles. The van der Waals surface area contributed by atoms with Gasteiger partial charge in [0.1, 0.15) is 0 Å². The second-order valence-corrected chi connectivity index (χ2v) is 4.79. The van der Waals surface area contributed by atoms with E-state index in [9.17, 15) is 5.11 Å². The van der Waals surface area contributed by atoms with Crippen LogP contribution in [0.15, 0.2) is 12.7 Å². The first-order chi connectivity index (χ1) is 8.08. The molecule has 3 heteroatoms. The lowest BCUT2D eigenvalue weighted by Gasteiger charge is -2.32. The molecule has 0 aromatic rings. The lowest BCUT2D eigenvalue weighted by atomic mass is 9.90. The minimum atomic E-state index is -0.862. The smallest absolute Gasteiger partial charge is 0.0881 e. The van der Waals surface area contributed by atoms with Crippen molar-refractivity contribution in [3.8, 4) is 0 Å². The van der Waals surface area contributed by atoms with Crippen molar-refractivity contribution in [3.05, 3.63) is 12.7 Å². The van der Waals surface area contributed by atoms with E-state index in [0.717, 1.165) is 25.7 Å².